The lowest BCUT2D eigenvalue weighted by Gasteiger charge is -2.20. The second-order valence-electron chi connectivity index (χ2n) is 5.56. The van der Waals surface area contributed by atoms with Gasteiger partial charge in [0.25, 0.3) is 0 Å². The second kappa shape index (κ2) is 7.65. The summed E-state index contributed by atoms with van der Waals surface area (Å²) >= 11 is 5.80. The monoisotopic (exact) mass is 329 g/mol. The molecule has 0 spiro atoms. The van der Waals surface area contributed by atoms with Crippen molar-refractivity contribution in [1.29, 1.82) is 0 Å². The van der Waals surface area contributed by atoms with Gasteiger partial charge in [-0.1, -0.05) is 11.6 Å². The van der Waals surface area contributed by atoms with Crippen LogP contribution < -0.4 is 15.5 Å². The number of nitrogens with one attached hydrogen (secondary N) is 2. The third-order valence-corrected chi connectivity index (χ3v) is 4.02. The second-order valence-corrected chi connectivity index (χ2v) is 5.97. The molecule has 0 radical (unpaired) electrons. The number of nitrogens with zero attached hydrogens (tertiary/aromatic N) is 1. The molecule has 122 valence electrons. The van der Waals surface area contributed by atoms with Crippen molar-refractivity contribution < 1.29 is 14.3 Å². The molecule has 3 N–H and O–H groups in total. The van der Waals surface area contributed by atoms with Crippen molar-refractivity contribution in [3.63, 3.8) is 0 Å². The highest BCUT2D eigenvalue weighted by atomic mass is 35.5. The molecule has 0 saturated carbocycles. The minimum atomic E-state index is -0.434. The molecule has 2 rings (SSSR count). The average molecular weight is 330 g/mol. The maximum Gasteiger partial charge on any atom is 0.315 e. The Hall–Kier alpha value is -1.53. The Morgan fingerprint density at radius 3 is 3.05 bits per heavy atom. The zero-order valence-corrected chi connectivity index (χ0v) is 13.2. The number of urea groups is 1. The predicted molar refractivity (Wildman–Crippen MR) is 84.9 cm³/mol. The van der Waals surface area contributed by atoms with Crippen molar-refractivity contribution in [1.82, 2.24) is 10.6 Å². The highest BCUT2D eigenvalue weighted by Gasteiger charge is 2.24. The number of amides is 2. The molecule has 0 aromatic heterocycles. The number of anilines is 1. The topological polar surface area (TPSA) is 64.6 Å². The molecule has 7 heteroatoms. The Labute approximate surface area is 134 Å². The van der Waals surface area contributed by atoms with E-state index in [0.29, 0.717) is 13.0 Å². The number of hydrogen-bond acceptors (Lipinski definition) is 3. The van der Waals surface area contributed by atoms with Gasteiger partial charge in [-0.05, 0) is 38.0 Å². The first kappa shape index (κ1) is 16.8. The molecule has 1 aliphatic rings. The van der Waals surface area contributed by atoms with E-state index in [1.165, 1.54) is 6.07 Å². The van der Waals surface area contributed by atoms with E-state index in [2.05, 4.69) is 15.5 Å². The van der Waals surface area contributed by atoms with Crippen LogP contribution in [0.2, 0.25) is 5.02 Å². The smallest absolute Gasteiger partial charge is 0.315 e. The van der Waals surface area contributed by atoms with Crippen LogP contribution in [0, 0.1) is 5.82 Å². The zero-order chi connectivity index (χ0) is 16.1. The minimum absolute atomic E-state index is 0.0326. The summed E-state index contributed by atoms with van der Waals surface area (Å²) in [5.41, 5.74) is 0.852. The predicted octanol–water partition coefficient (Wildman–Crippen LogP) is 2.13. The van der Waals surface area contributed by atoms with Crippen molar-refractivity contribution in [3.05, 3.63) is 29.0 Å². The van der Waals surface area contributed by atoms with Crippen molar-refractivity contribution in [2.24, 2.45) is 0 Å². The zero-order valence-electron chi connectivity index (χ0n) is 12.5. The number of aliphatic hydroxyl groups excluding tert-OH is 1. The molecular formula is C15H21ClFN3O2. The molecule has 1 heterocycles. The first-order valence-corrected chi connectivity index (χ1v) is 7.75. The van der Waals surface area contributed by atoms with Crippen LogP contribution in [-0.4, -0.2) is 42.9 Å². The summed E-state index contributed by atoms with van der Waals surface area (Å²) in [6.45, 7) is 3.32. The fraction of sp³-hybridized carbons (Fsp3) is 0.533. The summed E-state index contributed by atoms with van der Waals surface area (Å²) in [5.74, 6) is -0.434. The van der Waals surface area contributed by atoms with Crippen LogP contribution >= 0.6 is 11.6 Å². The molecule has 2 atom stereocenters. The first-order valence-electron chi connectivity index (χ1n) is 7.37. The van der Waals surface area contributed by atoms with Crippen LogP contribution in [-0.2, 0) is 0 Å². The third-order valence-electron chi connectivity index (χ3n) is 3.73. The Bertz CT molecular complexity index is 530. The van der Waals surface area contributed by atoms with Gasteiger partial charge in [0.15, 0.2) is 0 Å². The quantitative estimate of drug-likeness (QED) is 0.775. The van der Waals surface area contributed by atoms with E-state index in [0.717, 1.165) is 18.7 Å². The molecule has 1 aromatic rings. The number of hydrogen-bond donors (Lipinski definition) is 3. The fourth-order valence-electron chi connectivity index (χ4n) is 2.51. The van der Waals surface area contributed by atoms with Crippen LogP contribution in [0.5, 0.6) is 0 Å². The van der Waals surface area contributed by atoms with Crippen molar-refractivity contribution in [3.8, 4) is 0 Å². The highest BCUT2D eigenvalue weighted by Crippen LogP contribution is 2.25. The van der Waals surface area contributed by atoms with E-state index < -0.39 is 5.82 Å². The summed E-state index contributed by atoms with van der Waals surface area (Å²) in [4.78, 5) is 13.9. The number of aliphatic hydroxyl groups is 1. The van der Waals surface area contributed by atoms with Crippen molar-refractivity contribution >= 4 is 23.3 Å². The van der Waals surface area contributed by atoms with Gasteiger partial charge in [0.1, 0.15) is 5.82 Å². The van der Waals surface area contributed by atoms with Gasteiger partial charge in [0.05, 0.1) is 5.02 Å². The van der Waals surface area contributed by atoms with Gasteiger partial charge < -0.3 is 20.6 Å². The Kier molecular flexibility index (Phi) is 5.85. The summed E-state index contributed by atoms with van der Waals surface area (Å²) in [5, 5.41) is 14.6. The Morgan fingerprint density at radius 2 is 2.36 bits per heavy atom. The molecule has 1 saturated heterocycles. The summed E-state index contributed by atoms with van der Waals surface area (Å²) in [7, 11) is 0. The maximum absolute atomic E-state index is 13.2. The van der Waals surface area contributed by atoms with Crippen LogP contribution in [0.3, 0.4) is 0 Å². The average Bonchev–Trinajstić information content (AvgIpc) is 2.90. The van der Waals surface area contributed by atoms with Gasteiger partial charge in [-0.15, -0.1) is 0 Å². The molecular weight excluding hydrogens is 309 g/mol. The molecule has 1 aromatic carbocycles. The third kappa shape index (κ3) is 4.48. The lowest BCUT2D eigenvalue weighted by Crippen LogP contribution is -2.46. The number of rotatable bonds is 5. The van der Waals surface area contributed by atoms with Gasteiger partial charge in [-0.25, -0.2) is 9.18 Å². The van der Waals surface area contributed by atoms with Gasteiger partial charge in [0.2, 0.25) is 0 Å². The van der Waals surface area contributed by atoms with Gasteiger partial charge in [-0.2, -0.15) is 0 Å². The molecule has 22 heavy (non-hydrogen) atoms. The Morgan fingerprint density at radius 1 is 1.59 bits per heavy atom. The Balaban J connectivity index is 1.84. The molecule has 1 aliphatic heterocycles. The summed E-state index contributed by atoms with van der Waals surface area (Å²) in [6, 6.07) is 4.37. The molecule has 1 fully saturated rings. The van der Waals surface area contributed by atoms with E-state index in [1.807, 2.05) is 6.92 Å². The van der Waals surface area contributed by atoms with Crippen molar-refractivity contribution in [2.45, 2.75) is 31.8 Å². The van der Waals surface area contributed by atoms with Gasteiger partial charge in [0, 0.05) is 37.5 Å². The van der Waals surface area contributed by atoms with Gasteiger partial charge >= 0.3 is 6.03 Å². The van der Waals surface area contributed by atoms with Crippen LogP contribution in [0.4, 0.5) is 14.9 Å². The molecule has 0 aliphatic carbocycles. The highest BCUT2D eigenvalue weighted by molar-refractivity contribution is 6.31. The van der Waals surface area contributed by atoms with E-state index in [9.17, 15) is 9.18 Å². The standard InChI is InChI=1S/C15H21ClFN3O2/c1-10(5-7-21)18-15(22)19-11-4-6-20(9-11)12-2-3-14(17)13(16)8-12/h2-3,8,10-11,21H,4-7,9H2,1H3,(H2,18,19,22). The van der Waals surface area contributed by atoms with E-state index >= 15 is 0 Å². The molecule has 2 unspecified atom stereocenters. The largest absolute Gasteiger partial charge is 0.396 e. The van der Waals surface area contributed by atoms with E-state index in [-0.39, 0.29) is 29.7 Å². The summed E-state index contributed by atoms with van der Waals surface area (Å²) < 4.78 is 13.2. The fourth-order valence-corrected chi connectivity index (χ4v) is 2.69. The number of halogens is 2. The molecule has 5 nitrogen and oxygen atoms in total. The summed E-state index contributed by atoms with van der Waals surface area (Å²) in [6.07, 6.45) is 1.34. The van der Waals surface area contributed by atoms with Crippen LogP contribution in [0.15, 0.2) is 18.2 Å². The maximum atomic E-state index is 13.2. The number of carbonyl (C=O) groups is 1. The number of benzene rings is 1. The normalized spacial score (nSPS) is 19.1. The van der Waals surface area contributed by atoms with E-state index in [4.69, 9.17) is 16.7 Å². The lowest BCUT2D eigenvalue weighted by atomic mass is 10.2. The SMILES string of the molecule is CC(CCO)NC(=O)NC1CCN(c2ccc(F)c(Cl)c2)C1. The van der Waals surface area contributed by atoms with Crippen LogP contribution in [0.25, 0.3) is 0 Å². The first-order chi connectivity index (χ1) is 10.5. The van der Waals surface area contributed by atoms with Gasteiger partial charge in [-0.3, -0.25) is 0 Å². The lowest BCUT2D eigenvalue weighted by molar-refractivity contribution is 0.228. The molecule has 0 bridgehead atoms. The van der Waals surface area contributed by atoms with E-state index in [1.54, 1.807) is 12.1 Å². The minimum Gasteiger partial charge on any atom is -0.396 e. The number of carbonyl (C=O) groups excluding carboxylic acids is 1. The molecule has 2 amide bonds. The van der Waals surface area contributed by atoms with Crippen LogP contribution in [0.1, 0.15) is 19.8 Å². The van der Waals surface area contributed by atoms with Crippen molar-refractivity contribution in [2.75, 3.05) is 24.6 Å².